The summed E-state index contributed by atoms with van der Waals surface area (Å²) >= 11 is 0. The predicted octanol–water partition coefficient (Wildman–Crippen LogP) is 6.70. The third-order valence-electron chi connectivity index (χ3n) is 4.50. The molecule has 0 unspecified atom stereocenters. The second kappa shape index (κ2) is 9.48. The van der Waals surface area contributed by atoms with Crippen molar-refractivity contribution in [3.63, 3.8) is 0 Å². The fourth-order valence-corrected chi connectivity index (χ4v) is 2.91. The number of nitro groups is 2. The molecule has 0 amide bonds. The highest BCUT2D eigenvalue weighted by atomic mass is 19.4. The van der Waals surface area contributed by atoms with E-state index in [1.165, 1.54) is 30.3 Å². The molecule has 0 N–H and O–H groups in total. The van der Waals surface area contributed by atoms with Crippen molar-refractivity contribution in [1.29, 1.82) is 0 Å². The Bertz CT molecular complexity index is 1170. The van der Waals surface area contributed by atoms with Crippen LogP contribution in [0, 0.1) is 20.2 Å². The summed E-state index contributed by atoms with van der Waals surface area (Å²) < 4.78 is 91.9. The second-order valence-corrected chi connectivity index (χ2v) is 6.85. The van der Waals surface area contributed by atoms with Crippen LogP contribution in [0.5, 0.6) is 11.5 Å². The molecule has 0 aliphatic heterocycles. The molecule has 0 heterocycles. The number of rotatable bonds is 7. The molecule has 0 atom stereocenters. The van der Waals surface area contributed by atoms with Crippen LogP contribution in [-0.4, -0.2) is 9.85 Å². The number of non-ortho nitro benzene ring substituents is 2. The van der Waals surface area contributed by atoms with E-state index in [1.807, 2.05) is 0 Å². The number of benzene rings is 3. The number of nitrogens with zero attached hydrogens (tertiary/aromatic N) is 2. The number of ether oxygens (including phenoxy) is 2. The molecule has 3 aromatic carbocycles. The van der Waals surface area contributed by atoms with Gasteiger partial charge >= 0.3 is 12.4 Å². The Hall–Kier alpha value is -4.36. The fourth-order valence-electron chi connectivity index (χ4n) is 2.91. The van der Waals surface area contributed by atoms with Crippen molar-refractivity contribution >= 4 is 11.4 Å². The minimum Gasteiger partial charge on any atom is -0.450 e. The zero-order valence-electron chi connectivity index (χ0n) is 17.0. The summed E-state index contributed by atoms with van der Waals surface area (Å²) in [6.07, 6.45) is -12.1. The van der Waals surface area contributed by atoms with Crippen LogP contribution >= 0.6 is 0 Å². The zero-order valence-corrected chi connectivity index (χ0v) is 17.0. The normalized spacial score (nSPS) is 11.9. The van der Waals surface area contributed by atoms with Crippen LogP contribution in [0.15, 0.2) is 66.7 Å². The smallest absolute Gasteiger partial charge is 0.420 e. The number of alkyl halides is 6. The summed E-state index contributed by atoms with van der Waals surface area (Å²) in [4.78, 5) is 19.7. The van der Waals surface area contributed by atoms with Crippen LogP contribution in [0.3, 0.4) is 0 Å². The van der Waals surface area contributed by atoms with Gasteiger partial charge in [-0.05, 0) is 12.1 Å². The summed E-state index contributed by atoms with van der Waals surface area (Å²) in [6.45, 7) is 0. The highest BCUT2D eigenvalue weighted by Gasteiger charge is 2.39. The molecule has 0 radical (unpaired) electrons. The van der Waals surface area contributed by atoms with Gasteiger partial charge in [0.25, 0.3) is 17.7 Å². The van der Waals surface area contributed by atoms with Gasteiger partial charge in [-0.2, -0.15) is 26.3 Å². The van der Waals surface area contributed by atoms with Gasteiger partial charge in [0.05, 0.1) is 9.85 Å². The topological polar surface area (TPSA) is 105 Å². The van der Waals surface area contributed by atoms with Crippen LogP contribution in [0.1, 0.15) is 23.0 Å². The molecule has 3 aromatic rings. The van der Waals surface area contributed by atoms with Crippen LogP contribution in [-0.2, 0) is 12.4 Å². The van der Waals surface area contributed by atoms with Crippen molar-refractivity contribution in [1.82, 2.24) is 0 Å². The first-order chi connectivity index (χ1) is 16.3. The highest BCUT2D eigenvalue weighted by Crippen LogP contribution is 2.43. The molecule has 0 bridgehead atoms. The Morgan fingerprint density at radius 2 is 1.06 bits per heavy atom. The van der Waals surface area contributed by atoms with Crippen molar-refractivity contribution in [3.05, 3.63) is 104 Å². The lowest BCUT2D eigenvalue weighted by molar-refractivity contribution is -0.385. The largest absolute Gasteiger partial charge is 0.450 e. The van der Waals surface area contributed by atoms with Crippen molar-refractivity contribution in [2.45, 2.75) is 18.6 Å². The van der Waals surface area contributed by atoms with E-state index in [-0.39, 0.29) is 17.7 Å². The van der Waals surface area contributed by atoms with E-state index in [2.05, 4.69) is 0 Å². The predicted molar refractivity (Wildman–Crippen MR) is 107 cm³/mol. The van der Waals surface area contributed by atoms with Gasteiger partial charge in [-0.15, -0.1) is 0 Å². The van der Waals surface area contributed by atoms with Gasteiger partial charge in [-0.25, -0.2) is 0 Å². The minimum atomic E-state index is -5.12. The van der Waals surface area contributed by atoms with E-state index in [0.717, 1.165) is 12.1 Å². The van der Waals surface area contributed by atoms with Crippen LogP contribution in [0.4, 0.5) is 37.7 Å². The summed E-state index contributed by atoms with van der Waals surface area (Å²) in [5.74, 6) is -1.90. The molecule has 3 rings (SSSR count). The van der Waals surface area contributed by atoms with Gasteiger partial charge in [-0.1, -0.05) is 30.3 Å². The van der Waals surface area contributed by atoms with Crippen molar-refractivity contribution in [3.8, 4) is 11.5 Å². The Balaban J connectivity index is 2.10. The number of hydrogen-bond acceptors (Lipinski definition) is 6. The van der Waals surface area contributed by atoms with E-state index in [0.29, 0.717) is 12.1 Å². The first kappa shape index (κ1) is 25.3. The molecule has 0 aliphatic carbocycles. The zero-order chi connectivity index (χ0) is 26.0. The fraction of sp³-hybridized carbons (Fsp3) is 0.143. The maximum absolute atomic E-state index is 13.6. The van der Waals surface area contributed by atoms with Crippen molar-refractivity contribution in [2.24, 2.45) is 0 Å². The Morgan fingerprint density at radius 3 is 1.40 bits per heavy atom. The molecule has 0 saturated carbocycles. The summed E-state index contributed by atoms with van der Waals surface area (Å²) in [5.41, 5.74) is -4.91. The van der Waals surface area contributed by atoms with E-state index in [4.69, 9.17) is 9.47 Å². The molecule has 0 spiro atoms. The molecule has 14 heteroatoms. The van der Waals surface area contributed by atoms with E-state index in [9.17, 15) is 46.6 Å². The maximum atomic E-state index is 13.6. The van der Waals surface area contributed by atoms with Crippen LogP contribution in [0.25, 0.3) is 0 Å². The monoisotopic (exact) mass is 502 g/mol. The van der Waals surface area contributed by atoms with Gasteiger partial charge in [0.1, 0.15) is 22.6 Å². The summed E-state index contributed by atoms with van der Waals surface area (Å²) in [7, 11) is 0. The molecule has 0 saturated heterocycles. The molecular formula is C21H12F6N2O6. The lowest BCUT2D eigenvalue weighted by atomic mass is 10.1. The molecule has 35 heavy (non-hydrogen) atoms. The highest BCUT2D eigenvalue weighted by molar-refractivity contribution is 5.47. The van der Waals surface area contributed by atoms with E-state index in [1.54, 1.807) is 0 Å². The Morgan fingerprint density at radius 1 is 0.657 bits per heavy atom. The lowest BCUT2D eigenvalue weighted by Crippen LogP contribution is -2.19. The van der Waals surface area contributed by atoms with Gasteiger partial charge in [-0.3, -0.25) is 20.2 Å². The standard InChI is InChI=1S/C21H12F6N2O6/c22-20(23,24)15-10-13(28(30)31)6-8-17(15)34-19(12-4-2-1-3-5-12)35-18-9-7-14(29(32)33)11-16(18)21(25,26)27/h1-11,19H. The van der Waals surface area contributed by atoms with E-state index < -0.39 is 62.5 Å². The van der Waals surface area contributed by atoms with Crippen LogP contribution in [0.2, 0.25) is 0 Å². The summed E-state index contributed by atoms with van der Waals surface area (Å²) in [6, 6.07) is 10.1. The van der Waals surface area contributed by atoms with Crippen molar-refractivity contribution < 1.29 is 45.7 Å². The molecule has 8 nitrogen and oxygen atoms in total. The minimum absolute atomic E-state index is 0.00884. The average Bonchev–Trinajstić information content (AvgIpc) is 2.78. The quantitative estimate of drug-likeness (QED) is 0.154. The van der Waals surface area contributed by atoms with E-state index >= 15 is 0 Å². The van der Waals surface area contributed by atoms with Gasteiger partial charge in [0.15, 0.2) is 0 Å². The second-order valence-electron chi connectivity index (χ2n) is 6.85. The van der Waals surface area contributed by atoms with Gasteiger partial charge < -0.3 is 9.47 Å². The lowest BCUT2D eigenvalue weighted by Gasteiger charge is -2.24. The van der Waals surface area contributed by atoms with Gasteiger partial charge in [0, 0.05) is 29.8 Å². The molecule has 0 fully saturated rings. The molecular weight excluding hydrogens is 490 g/mol. The molecule has 184 valence electrons. The van der Waals surface area contributed by atoms with Crippen molar-refractivity contribution in [2.75, 3.05) is 0 Å². The Labute approximate surface area is 191 Å². The average molecular weight is 502 g/mol. The first-order valence-corrected chi connectivity index (χ1v) is 9.37. The van der Waals surface area contributed by atoms with Crippen LogP contribution < -0.4 is 9.47 Å². The molecule has 0 aliphatic rings. The number of hydrogen-bond donors (Lipinski definition) is 0. The van der Waals surface area contributed by atoms with Gasteiger partial charge in [0.2, 0.25) is 0 Å². The third-order valence-corrected chi connectivity index (χ3v) is 4.50. The number of halogens is 6. The Kier molecular flexibility index (Phi) is 6.84. The maximum Gasteiger partial charge on any atom is 0.420 e. The summed E-state index contributed by atoms with van der Waals surface area (Å²) in [5, 5.41) is 21.8. The molecule has 0 aromatic heterocycles. The SMILES string of the molecule is O=[N+]([O-])c1ccc(OC(Oc2ccc([N+](=O)[O-])cc2C(F)(F)F)c2ccccc2)c(C(F)(F)F)c1. The number of nitro benzene ring substituents is 2. The third kappa shape index (κ3) is 5.96. The first-order valence-electron chi connectivity index (χ1n) is 9.37.